The number of carbonyl (C=O) groups is 1. The van der Waals surface area contributed by atoms with Gasteiger partial charge in [0.1, 0.15) is 17.4 Å². The Morgan fingerprint density at radius 1 is 1.67 bits per heavy atom. The molecule has 1 unspecified atom stereocenters. The van der Waals surface area contributed by atoms with Crippen LogP contribution >= 0.6 is 11.8 Å². The lowest BCUT2D eigenvalue weighted by molar-refractivity contribution is -0.137. The zero-order valence-corrected chi connectivity index (χ0v) is 10.8. The van der Waals surface area contributed by atoms with Crippen LogP contribution in [0.3, 0.4) is 0 Å². The van der Waals surface area contributed by atoms with E-state index in [4.69, 9.17) is 20.3 Å². The van der Waals surface area contributed by atoms with Crippen LogP contribution in [0.5, 0.6) is 11.5 Å². The smallest absolute Gasteiger partial charge is 0.303 e. The lowest BCUT2D eigenvalue weighted by Gasteiger charge is -2.16. The molecule has 1 aromatic carbocycles. The molecule has 0 saturated carbocycles. The number of nitrogens with two attached hydrogens (primary N) is 1. The lowest BCUT2D eigenvalue weighted by Crippen LogP contribution is -2.13. The molecule has 0 radical (unpaired) electrons. The highest BCUT2D eigenvalue weighted by atomic mass is 32.2. The molecule has 0 amide bonds. The Labute approximate surface area is 109 Å². The maximum Gasteiger partial charge on any atom is 0.303 e. The number of ether oxygens (including phenoxy) is 2. The molecular weight excluding hydrogens is 254 g/mol. The van der Waals surface area contributed by atoms with Crippen molar-refractivity contribution >= 4 is 17.7 Å². The number of rotatable bonds is 5. The van der Waals surface area contributed by atoms with Gasteiger partial charge in [0, 0.05) is 18.0 Å². The molecule has 0 spiro atoms. The molecule has 1 aliphatic rings. The molecule has 5 nitrogen and oxygen atoms in total. The Morgan fingerprint density at radius 3 is 3.11 bits per heavy atom. The third-order valence-corrected chi connectivity index (χ3v) is 3.66. The van der Waals surface area contributed by atoms with Crippen molar-refractivity contribution in [3.63, 3.8) is 0 Å². The molecule has 1 atom stereocenters. The fourth-order valence-corrected chi connectivity index (χ4v) is 2.60. The second-order valence-corrected chi connectivity index (χ2v) is 4.95. The highest BCUT2D eigenvalue weighted by Crippen LogP contribution is 2.42. The summed E-state index contributed by atoms with van der Waals surface area (Å²) in [6.07, 6.45) is 0.411. The van der Waals surface area contributed by atoms with Crippen LogP contribution in [0.15, 0.2) is 17.0 Å². The standard InChI is InChI=1S/C12H15NO4S/c1-16-9-5-11-10(17-6-18-11)4-7(9)8(13)2-3-12(14)15/h4-5,8H,2-3,6,13H2,1H3,(H,14,15). The fraction of sp³-hybridized carbons (Fsp3) is 0.417. The number of hydrogen-bond donors (Lipinski definition) is 2. The number of thioether (sulfide) groups is 1. The first-order chi connectivity index (χ1) is 8.61. The van der Waals surface area contributed by atoms with Crippen molar-refractivity contribution in [2.24, 2.45) is 5.73 Å². The van der Waals surface area contributed by atoms with E-state index < -0.39 is 5.97 Å². The molecule has 2 rings (SSSR count). The van der Waals surface area contributed by atoms with Gasteiger partial charge < -0.3 is 20.3 Å². The molecule has 0 bridgehead atoms. The second kappa shape index (κ2) is 5.49. The van der Waals surface area contributed by atoms with Crippen LogP contribution in [0.4, 0.5) is 0 Å². The predicted octanol–water partition coefficient (Wildman–Crippen LogP) is 2.00. The van der Waals surface area contributed by atoms with Crippen LogP contribution in [0.25, 0.3) is 0 Å². The topological polar surface area (TPSA) is 81.8 Å². The first-order valence-electron chi connectivity index (χ1n) is 5.56. The second-order valence-electron chi connectivity index (χ2n) is 3.99. The number of aliphatic carboxylic acids is 1. The van der Waals surface area contributed by atoms with Gasteiger partial charge in [-0.1, -0.05) is 11.8 Å². The summed E-state index contributed by atoms with van der Waals surface area (Å²) in [5, 5.41) is 8.68. The number of carboxylic acid groups (broad SMARTS) is 1. The van der Waals surface area contributed by atoms with Crippen LogP contribution in [-0.4, -0.2) is 24.1 Å². The van der Waals surface area contributed by atoms with Gasteiger partial charge in [0.25, 0.3) is 0 Å². The van der Waals surface area contributed by atoms with Crippen molar-refractivity contribution in [1.82, 2.24) is 0 Å². The minimum absolute atomic E-state index is 0.0387. The first kappa shape index (κ1) is 13.0. The van der Waals surface area contributed by atoms with Crippen LogP contribution in [-0.2, 0) is 4.79 Å². The number of benzene rings is 1. The van der Waals surface area contributed by atoms with E-state index in [1.54, 1.807) is 18.9 Å². The summed E-state index contributed by atoms with van der Waals surface area (Å²) in [4.78, 5) is 11.6. The molecule has 0 saturated heterocycles. The molecular formula is C12H15NO4S. The summed E-state index contributed by atoms with van der Waals surface area (Å²) in [6.45, 7) is 0. The quantitative estimate of drug-likeness (QED) is 0.851. The van der Waals surface area contributed by atoms with E-state index in [2.05, 4.69) is 0 Å². The summed E-state index contributed by atoms with van der Waals surface area (Å²) < 4.78 is 10.8. The predicted molar refractivity (Wildman–Crippen MR) is 68.1 cm³/mol. The number of hydrogen-bond acceptors (Lipinski definition) is 5. The summed E-state index contributed by atoms with van der Waals surface area (Å²) in [5.41, 5.74) is 6.80. The van der Waals surface area contributed by atoms with E-state index in [9.17, 15) is 4.79 Å². The van der Waals surface area contributed by atoms with Gasteiger partial charge in [-0.25, -0.2) is 0 Å². The molecule has 6 heteroatoms. The summed E-state index contributed by atoms with van der Waals surface area (Å²) in [7, 11) is 1.58. The van der Waals surface area contributed by atoms with Crippen LogP contribution < -0.4 is 15.2 Å². The van der Waals surface area contributed by atoms with E-state index in [0.29, 0.717) is 18.1 Å². The third-order valence-electron chi connectivity index (χ3n) is 2.79. The minimum atomic E-state index is -0.850. The Morgan fingerprint density at radius 2 is 2.44 bits per heavy atom. The number of carboxylic acids is 1. The van der Waals surface area contributed by atoms with Gasteiger partial charge >= 0.3 is 5.97 Å². The van der Waals surface area contributed by atoms with E-state index in [0.717, 1.165) is 16.2 Å². The Kier molecular flexibility index (Phi) is 3.98. The summed E-state index contributed by atoms with van der Waals surface area (Å²) >= 11 is 1.60. The maximum absolute atomic E-state index is 10.6. The zero-order valence-electron chi connectivity index (χ0n) is 10.0. The van der Waals surface area contributed by atoms with E-state index in [1.807, 2.05) is 12.1 Å². The Hall–Kier alpha value is -1.40. The maximum atomic E-state index is 10.6. The zero-order chi connectivity index (χ0) is 13.1. The molecule has 98 valence electrons. The van der Waals surface area contributed by atoms with Crippen LogP contribution in [0.1, 0.15) is 24.4 Å². The minimum Gasteiger partial charge on any atom is -0.496 e. The van der Waals surface area contributed by atoms with Crippen molar-refractivity contribution in [3.05, 3.63) is 17.7 Å². The summed E-state index contributed by atoms with van der Waals surface area (Å²) in [5.74, 6) is 1.22. The van der Waals surface area contributed by atoms with Crippen molar-refractivity contribution in [1.29, 1.82) is 0 Å². The summed E-state index contributed by atoms with van der Waals surface area (Å²) in [6, 6.07) is 3.37. The van der Waals surface area contributed by atoms with E-state index in [1.165, 1.54) is 0 Å². The number of methoxy groups -OCH3 is 1. The van der Waals surface area contributed by atoms with Gasteiger partial charge in [-0.05, 0) is 18.6 Å². The molecule has 0 aromatic heterocycles. The highest BCUT2D eigenvalue weighted by Gasteiger charge is 2.20. The average Bonchev–Trinajstić information content (AvgIpc) is 2.81. The van der Waals surface area contributed by atoms with Gasteiger partial charge in [-0.2, -0.15) is 0 Å². The van der Waals surface area contributed by atoms with Gasteiger partial charge in [0.15, 0.2) is 0 Å². The molecule has 0 aliphatic carbocycles. The van der Waals surface area contributed by atoms with Gasteiger partial charge in [0.05, 0.1) is 12.0 Å². The van der Waals surface area contributed by atoms with Crippen molar-refractivity contribution < 1.29 is 19.4 Å². The molecule has 0 fully saturated rings. The van der Waals surface area contributed by atoms with Crippen molar-refractivity contribution in [2.45, 2.75) is 23.8 Å². The first-order valence-corrected chi connectivity index (χ1v) is 6.55. The van der Waals surface area contributed by atoms with Crippen molar-refractivity contribution in [3.8, 4) is 11.5 Å². The van der Waals surface area contributed by atoms with Gasteiger partial charge in [-0.3, -0.25) is 4.79 Å². The van der Waals surface area contributed by atoms with Gasteiger partial charge in [0.2, 0.25) is 0 Å². The normalized spacial score (nSPS) is 14.8. The van der Waals surface area contributed by atoms with Crippen LogP contribution in [0, 0.1) is 0 Å². The highest BCUT2D eigenvalue weighted by molar-refractivity contribution is 7.99. The van der Waals surface area contributed by atoms with Crippen LogP contribution in [0.2, 0.25) is 0 Å². The Bertz CT molecular complexity index is 464. The SMILES string of the molecule is COc1cc2c(cc1C(N)CCC(=O)O)OCS2. The lowest BCUT2D eigenvalue weighted by atomic mass is 10.0. The molecule has 1 heterocycles. The largest absolute Gasteiger partial charge is 0.496 e. The average molecular weight is 269 g/mol. The molecule has 1 aromatic rings. The fourth-order valence-electron chi connectivity index (χ4n) is 1.84. The molecule has 1 aliphatic heterocycles. The van der Waals surface area contributed by atoms with E-state index >= 15 is 0 Å². The number of fused-ring (bicyclic) bond motifs is 1. The van der Waals surface area contributed by atoms with E-state index in [-0.39, 0.29) is 12.5 Å². The third kappa shape index (κ3) is 2.70. The monoisotopic (exact) mass is 269 g/mol. The molecule has 18 heavy (non-hydrogen) atoms. The van der Waals surface area contributed by atoms with Gasteiger partial charge in [-0.15, -0.1) is 0 Å². The molecule has 3 N–H and O–H groups in total. The Balaban J connectivity index is 2.23. The van der Waals surface area contributed by atoms with Crippen molar-refractivity contribution in [2.75, 3.05) is 13.0 Å².